The van der Waals surface area contributed by atoms with Crippen LogP contribution in [0.3, 0.4) is 0 Å². The molecule has 3 aromatic carbocycles. The molecule has 1 unspecified atom stereocenters. The number of nitrogens with two attached hydrogens (primary N) is 1. The zero-order valence-corrected chi connectivity index (χ0v) is 16.7. The molecule has 7 heteroatoms. The Morgan fingerprint density at radius 3 is 2.31 bits per heavy atom. The van der Waals surface area contributed by atoms with E-state index in [4.69, 9.17) is 5.73 Å². The molecule has 6 nitrogen and oxygen atoms in total. The van der Waals surface area contributed by atoms with Gasteiger partial charge in [0.1, 0.15) is 0 Å². The van der Waals surface area contributed by atoms with E-state index >= 15 is 0 Å². The fourth-order valence-corrected chi connectivity index (χ4v) is 4.40. The number of carbonyl (C=O) groups is 1. The zero-order chi connectivity index (χ0) is 21.1. The van der Waals surface area contributed by atoms with Crippen LogP contribution in [0.15, 0.2) is 83.8 Å². The fraction of sp³-hybridized carbons (Fsp3) is 0.136. The Bertz CT molecular complexity index is 1130. The molecular weight excluding hydrogens is 388 g/mol. The van der Waals surface area contributed by atoms with Crippen molar-refractivity contribution in [2.45, 2.75) is 23.9 Å². The van der Waals surface area contributed by atoms with E-state index in [1.807, 2.05) is 31.2 Å². The molecule has 0 aliphatic carbocycles. The van der Waals surface area contributed by atoms with Gasteiger partial charge in [-0.05, 0) is 41.3 Å². The van der Waals surface area contributed by atoms with Crippen LogP contribution < -0.4 is 10.5 Å². The van der Waals surface area contributed by atoms with Crippen molar-refractivity contribution in [3.8, 4) is 11.1 Å². The monoisotopic (exact) mass is 410 g/mol. The third-order valence-corrected chi connectivity index (χ3v) is 6.13. The van der Waals surface area contributed by atoms with Gasteiger partial charge in [-0.25, -0.2) is 13.2 Å². The topological polar surface area (TPSA) is 109 Å². The van der Waals surface area contributed by atoms with Crippen molar-refractivity contribution in [1.29, 1.82) is 0 Å². The third-order valence-electron chi connectivity index (χ3n) is 4.62. The number of sulfonamides is 1. The van der Waals surface area contributed by atoms with Gasteiger partial charge in [0, 0.05) is 6.42 Å². The Hall–Kier alpha value is -3.00. The van der Waals surface area contributed by atoms with Crippen LogP contribution in [0.1, 0.15) is 11.1 Å². The maximum Gasteiger partial charge on any atom is 0.340 e. The first-order chi connectivity index (χ1) is 13.7. The number of aliphatic carboxylic acids is 1. The Morgan fingerprint density at radius 2 is 1.66 bits per heavy atom. The number of hydrogen-bond donors (Lipinski definition) is 3. The van der Waals surface area contributed by atoms with E-state index in [0.29, 0.717) is 11.1 Å². The quantitative estimate of drug-likeness (QED) is 0.519. The van der Waals surface area contributed by atoms with Crippen molar-refractivity contribution in [2.24, 2.45) is 5.73 Å². The minimum atomic E-state index is -4.18. The minimum absolute atomic E-state index is 0.0533. The second kappa shape index (κ2) is 8.16. The predicted molar refractivity (Wildman–Crippen MR) is 112 cm³/mol. The number of benzene rings is 3. The molecule has 3 aromatic rings. The highest BCUT2D eigenvalue weighted by molar-refractivity contribution is 7.89. The molecule has 1 atom stereocenters. The number of hydrogen-bond acceptors (Lipinski definition) is 4. The molecule has 0 aliphatic heterocycles. The molecule has 0 heterocycles. The molecule has 0 radical (unpaired) electrons. The summed E-state index contributed by atoms with van der Waals surface area (Å²) < 4.78 is 28.1. The van der Waals surface area contributed by atoms with Crippen molar-refractivity contribution < 1.29 is 18.3 Å². The van der Waals surface area contributed by atoms with Gasteiger partial charge in [-0.15, -0.1) is 0 Å². The summed E-state index contributed by atoms with van der Waals surface area (Å²) in [6.45, 7) is 1.93. The van der Waals surface area contributed by atoms with Gasteiger partial charge in [-0.1, -0.05) is 66.7 Å². The Labute approximate surface area is 170 Å². The standard InChI is InChI=1S/C22H22N2O4S/c1-16-8-5-6-13-20(16)18-11-7-12-19(14-18)29(27,28)24-22(23,21(25)26)15-17-9-3-2-4-10-17/h2-14,24H,15,23H2,1H3,(H,25,26). The zero-order valence-electron chi connectivity index (χ0n) is 15.9. The fourth-order valence-electron chi connectivity index (χ4n) is 3.10. The van der Waals surface area contributed by atoms with Gasteiger partial charge in [-0.3, -0.25) is 0 Å². The van der Waals surface area contributed by atoms with Gasteiger partial charge in [-0.2, -0.15) is 4.72 Å². The van der Waals surface area contributed by atoms with Crippen molar-refractivity contribution in [2.75, 3.05) is 0 Å². The second-order valence-corrected chi connectivity index (χ2v) is 8.57. The molecule has 0 spiro atoms. The highest BCUT2D eigenvalue weighted by Crippen LogP contribution is 2.26. The number of nitrogens with one attached hydrogen (secondary N) is 1. The number of carboxylic acid groups (broad SMARTS) is 1. The summed E-state index contributed by atoms with van der Waals surface area (Å²) >= 11 is 0. The van der Waals surface area contributed by atoms with E-state index in [2.05, 4.69) is 4.72 Å². The van der Waals surface area contributed by atoms with Gasteiger partial charge >= 0.3 is 5.97 Å². The largest absolute Gasteiger partial charge is 0.479 e. The first-order valence-corrected chi connectivity index (χ1v) is 10.5. The molecule has 0 amide bonds. The molecule has 150 valence electrons. The predicted octanol–water partition coefficient (Wildman–Crippen LogP) is 2.92. The summed E-state index contributed by atoms with van der Waals surface area (Å²) in [5.74, 6) is -1.46. The van der Waals surface area contributed by atoms with Crippen LogP contribution >= 0.6 is 0 Å². The molecule has 0 saturated carbocycles. The average molecular weight is 410 g/mol. The van der Waals surface area contributed by atoms with Crippen LogP contribution in [0, 0.1) is 6.92 Å². The number of aryl methyl sites for hydroxylation is 1. The van der Waals surface area contributed by atoms with Crippen LogP contribution in [-0.2, 0) is 21.2 Å². The molecule has 0 saturated heterocycles. The smallest absolute Gasteiger partial charge is 0.340 e. The van der Waals surface area contributed by atoms with E-state index < -0.39 is 21.7 Å². The first-order valence-electron chi connectivity index (χ1n) is 8.97. The Morgan fingerprint density at radius 1 is 1.00 bits per heavy atom. The Balaban J connectivity index is 1.95. The third kappa shape index (κ3) is 4.71. The van der Waals surface area contributed by atoms with Gasteiger partial charge in [0.2, 0.25) is 10.0 Å². The van der Waals surface area contributed by atoms with Gasteiger partial charge in [0.05, 0.1) is 4.90 Å². The highest BCUT2D eigenvalue weighted by atomic mass is 32.2. The lowest BCUT2D eigenvalue weighted by Crippen LogP contribution is -2.62. The highest BCUT2D eigenvalue weighted by Gasteiger charge is 2.39. The van der Waals surface area contributed by atoms with E-state index in [1.54, 1.807) is 42.5 Å². The van der Waals surface area contributed by atoms with Crippen molar-refractivity contribution in [3.05, 3.63) is 90.0 Å². The van der Waals surface area contributed by atoms with E-state index in [-0.39, 0.29) is 11.3 Å². The molecule has 0 fully saturated rings. The summed E-state index contributed by atoms with van der Waals surface area (Å²) in [4.78, 5) is 11.8. The lowest BCUT2D eigenvalue weighted by molar-refractivity contribution is -0.143. The van der Waals surface area contributed by atoms with Gasteiger partial charge in [0.25, 0.3) is 0 Å². The minimum Gasteiger partial charge on any atom is -0.479 e. The summed E-state index contributed by atoms with van der Waals surface area (Å²) in [5.41, 5.74) is 7.01. The molecule has 0 bridgehead atoms. The summed E-state index contributed by atoms with van der Waals surface area (Å²) in [7, 11) is -4.18. The normalized spacial score (nSPS) is 13.6. The molecule has 4 N–H and O–H groups in total. The molecular formula is C22H22N2O4S. The van der Waals surface area contributed by atoms with E-state index in [1.165, 1.54) is 12.1 Å². The van der Waals surface area contributed by atoms with Crippen LogP contribution in [0.25, 0.3) is 11.1 Å². The van der Waals surface area contributed by atoms with Gasteiger partial charge in [0.15, 0.2) is 5.66 Å². The van der Waals surface area contributed by atoms with Crippen LogP contribution in [0.5, 0.6) is 0 Å². The molecule has 0 aromatic heterocycles. The van der Waals surface area contributed by atoms with Crippen LogP contribution in [-0.4, -0.2) is 25.2 Å². The lowest BCUT2D eigenvalue weighted by atomic mass is 10.0. The maximum atomic E-state index is 13.0. The summed E-state index contributed by atoms with van der Waals surface area (Å²) in [6, 6.07) is 22.6. The van der Waals surface area contributed by atoms with E-state index in [9.17, 15) is 18.3 Å². The first kappa shape index (κ1) is 20.7. The maximum absolute atomic E-state index is 13.0. The summed E-state index contributed by atoms with van der Waals surface area (Å²) in [6.07, 6.45) is -0.195. The molecule has 3 rings (SSSR count). The van der Waals surface area contributed by atoms with Crippen molar-refractivity contribution >= 4 is 16.0 Å². The van der Waals surface area contributed by atoms with Gasteiger partial charge < -0.3 is 10.8 Å². The van der Waals surface area contributed by atoms with Crippen molar-refractivity contribution in [3.63, 3.8) is 0 Å². The average Bonchev–Trinajstić information content (AvgIpc) is 2.68. The number of carboxylic acids is 1. The molecule has 29 heavy (non-hydrogen) atoms. The van der Waals surface area contributed by atoms with Crippen LogP contribution in [0.2, 0.25) is 0 Å². The molecule has 0 aliphatic rings. The number of rotatable bonds is 7. The van der Waals surface area contributed by atoms with Crippen LogP contribution in [0.4, 0.5) is 0 Å². The van der Waals surface area contributed by atoms with E-state index in [0.717, 1.165) is 11.1 Å². The SMILES string of the molecule is Cc1ccccc1-c1cccc(S(=O)(=O)NC(N)(Cc2ccccc2)C(=O)O)c1. The Kier molecular flexibility index (Phi) is 5.83. The lowest BCUT2D eigenvalue weighted by Gasteiger charge is -2.26. The second-order valence-electron chi connectivity index (χ2n) is 6.89. The summed E-state index contributed by atoms with van der Waals surface area (Å²) in [5, 5.41) is 9.62. The van der Waals surface area contributed by atoms with Crippen molar-refractivity contribution in [1.82, 2.24) is 4.72 Å².